The molecule has 1 aromatic carbocycles. The first-order chi connectivity index (χ1) is 10.5. The number of benzene rings is 1. The lowest BCUT2D eigenvalue weighted by atomic mass is 9.94. The lowest BCUT2D eigenvalue weighted by Crippen LogP contribution is -2.24. The second-order valence-corrected chi connectivity index (χ2v) is 5.47. The van der Waals surface area contributed by atoms with Gasteiger partial charge < -0.3 is 14.8 Å². The number of fused-ring (bicyclic) bond motifs is 1. The molecule has 0 saturated heterocycles. The highest BCUT2D eigenvalue weighted by atomic mass is 16.4. The highest BCUT2D eigenvalue weighted by Gasteiger charge is 2.35. The Morgan fingerprint density at radius 3 is 2.64 bits per heavy atom. The monoisotopic (exact) mass is 300 g/mol. The van der Waals surface area contributed by atoms with Gasteiger partial charge in [-0.3, -0.25) is 4.79 Å². The zero-order valence-corrected chi connectivity index (χ0v) is 12.1. The molecule has 1 atom stereocenters. The number of carboxylic acids is 2. The summed E-state index contributed by atoms with van der Waals surface area (Å²) in [6.45, 7) is 2.51. The number of rotatable bonds is 3. The number of carbonyl (C=O) groups is 2. The van der Waals surface area contributed by atoms with Crippen LogP contribution in [-0.2, 0) is 11.3 Å². The number of aromatic carboxylic acids is 1. The molecule has 0 fully saturated rings. The number of hydrogen-bond donors (Lipinski definition) is 2. The van der Waals surface area contributed by atoms with Crippen LogP contribution in [-0.4, -0.2) is 31.7 Å². The molecule has 0 bridgehead atoms. The Morgan fingerprint density at radius 1 is 1.27 bits per heavy atom. The molecule has 3 rings (SSSR count). The van der Waals surface area contributed by atoms with Crippen LogP contribution in [0.1, 0.15) is 40.5 Å². The van der Waals surface area contributed by atoms with E-state index in [1.54, 1.807) is 4.57 Å². The van der Waals surface area contributed by atoms with Gasteiger partial charge in [-0.2, -0.15) is 0 Å². The Balaban J connectivity index is 2.27. The van der Waals surface area contributed by atoms with Crippen LogP contribution in [0.2, 0.25) is 0 Å². The summed E-state index contributed by atoms with van der Waals surface area (Å²) in [4.78, 5) is 27.2. The van der Waals surface area contributed by atoms with Gasteiger partial charge in [0.25, 0.3) is 0 Å². The molecule has 6 nitrogen and oxygen atoms in total. The average molecular weight is 300 g/mol. The molecule has 1 unspecified atom stereocenters. The molecule has 22 heavy (non-hydrogen) atoms. The number of imidazole rings is 1. The SMILES string of the molecule is Cc1ccccc1-c1nc(C(=O)O)c2n1CCCC2C(=O)O. The summed E-state index contributed by atoms with van der Waals surface area (Å²) in [5.41, 5.74) is 1.97. The maximum atomic E-state index is 11.5. The van der Waals surface area contributed by atoms with Gasteiger partial charge in [0.2, 0.25) is 0 Å². The molecule has 1 aliphatic heterocycles. The van der Waals surface area contributed by atoms with Crippen LogP contribution in [0.15, 0.2) is 24.3 Å². The van der Waals surface area contributed by atoms with Crippen molar-refractivity contribution in [1.29, 1.82) is 0 Å². The van der Waals surface area contributed by atoms with E-state index in [1.165, 1.54) is 0 Å². The highest BCUT2D eigenvalue weighted by molar-refractivity contribution is 5.91. The van der Waals surface area contributed by atoms with Gasteiger partial charge in [0.1, 0.15) is 5.82 Å². The molecule has 0 amide bonds. The highest BCUT2D eigenvalue weighted by Crippen LogP contribution is 2.35. The number of aryl methyl sites for hydroxylation is 1. The number of nitrogens with zero attached hydrogens (tertiary/aromatic N) is 2. The zero-order chi connectivity index (χ0) is 15.9. The number of aromatic nitrogens is 2. The van der Waals surface area contributed by atoms with Crippen molar-refractivity contribution < 1.29 is 19.8 Å². The second-order valence-electron chi connectivity index (χ2n) is 5.47. The Kier molecular flexibility index (Phi) is 3.44. The molecular weight excluding hydrogens is 284 g/mol. The van der Waals surface area contributed by atoms with E-state index in [9.17, 15) is 19.8 Å². The predicted octanol–water partition coefficient (Wildman–Crippen LogP) is 2.52. The fraction of sp³-hybridized carbons (Fsp3) is 0.312. The van der Waals surface area contributed by atoms with Gasteiger partial charge in [0.15, 0.2) is 5.69 Å². The first-order valence-corrected chi connectivity index (χ1v) is 7.13. The van der Waals surface area contributed by atoms with Crippen molar-refractivity contribution in [2.24, 2.45) is 0 Å². The van der Waals surface area contributed by atoms with Gasteiger partial charge in [0.05, 0.1) is 11.6 Å². The smallest absolute Gasteiger partial charge is 0.356 e. The van der Waals surface area contributed by atoms with Crippen LogP contribution < -0.4 is 0 Å². The van der Waals surface area contributed by atoms with E-state index in [-0.39, 0.29) is 5.69 Å². The third-order valence-electron chi connectivity index (χ3n) is 4.10. The fourth-order valence-electron chi connectivity index (χ4n) is 3.06. The van der Waals surface area contributed by atoms with Gasteiger partial charge in [-0.25, -0.2) is 9.78 Å². The zero-order valence-electron chi connectivity index (χ0n) is 12.1. The van der Waals surface area contributed by atoms with Crippen molar-refractivity contribution in [2.75, 3.05) is 0 Å². The Morgan fingerprint density at radius 2 is 2.00 bits per heavy atom. The van der Waals surface area contributed by atoms with Crippen LogP contribution in [0, 0.1) is 6.92 Å². The van der Waals surface area contributed by atoms with Crippen molar-refractivity contribution in [2.45, 2.75) is 32.2 Å². The van der Waals surface area contributed by atoms with Gasteiger partial charge in [-0.1, -0.05) is 24.3 Å². The van der Waals surface area contributed by atoms with E-state index in [2.05, 4.69) is 4.98 Å². The first kappa shape index (κ1) is 14.3. The largest absolute Gasteiger partial charge is 0.481 e. The van der Waals surface area contributed by atoms with Crippen LogP contribution in [0.5, 0.6) is 0 Å². The van der Waals surface area contributed by atoms with E-state index in [1.807, 2.05) is 31.2 Å². The molecule has 1 aromatic heterocycles. The third-order valence-corrected chi connectivity index (χ3v) is 4.10. The molecule has 0 spiro atoms. The fourth-order valence-corrected chi connectivity index (χ4v) is 3.06. The van der Waals surface area contributed by atoms with Gasteiger partial charge in [-0.05, 0) is 25.3 Å². The van der Waals surface area contributed by atoms with E-state index in [4.69, 9.17) is 0 Å². The third kappa shape index (κ3) is 2.16. The van der Waals surface area contributed by atoms with Gasteiger partial charge >= 0.3 is 11.9 Å². The summed E-state index contributed by atoms with van der Waals surface area (Å²) in [5.74, 6) is -2.46. The molecule has 0 saturated carbocycles. The molecule has 6 heteroatoms. The lowest BCUT2D eigenvalue weighted by Gasteiger charge is -2.23. The normalized spacial score (nSPS) is 17.0. The molecule has 2 heterocycles. The summed E-state index contributed by atoms with van der Waals surface area (Å²) >= 11 is 0. The van der Waals surface area contributed by atoms with Crippen LogP contribution >= 0.6 is 0 Å². The molecule has 2 N–H and O–H groups in total. The minimum absolute atomic E-state index is 0.148. The van der Waals surface area contributed by atoms with E-state index < -0.39 is 17.9 Å². The summed E-state index contributed by atoms with van der Waals surface area (Å²) in [6, 6.07) is 7.56. The average Bonchev–Trinajstić information content (AvgIpc) is 2.87. The van der Waals surface area contributed by atoms with E-state index in [0.29, 0.717) is 30.9 Å². The van der Waals surface area contributed by atoms with Crippen LogP contribution in [0.4, 0.5) is 0 Å². The topological polar surface area (TPSA) is 92.4 Å². The Labute approximate surface area is 127 Å². The van der Waals surface area contributed by atoms with Crippen molar-refractivity contribution in [1.82, 2.24) is 9.55 Å². The minimum Gasteiger partial charge on any atom is -0.481 e. The maximum absolute atomic E-state index is 11.5. The van der Waals surface area contributed by atoms with Crippen molar-refractivity contribution in [3.8, 4) is 11.4 Å². The van der Waals surface area contributed by atoms with Crippen LogP contribution in [0.3, 0.4) is 0 Å². The minimum atomic E-state index is -1.18. The number of aliphatic carboxylic acids is 1. The molecule has 114 valence electrons. The van der Waals surface area contributed by atoms with E-state index in [0.717, 1.165) is 11.1 Å². The van der Waals surface area contributed by atoms with Crippen molar-refractivity contribution in [3.63, 3.8) is 0 Å². The summed E-state index contributed by atoms with van der Waals surface area (Å²) in [5, 5.41) is 18.8. The summed E-state index contributed by atoms with van der Waals surface area (Å²) < 4.78 is 1.76. The predicted molar refractivity (Wildman–Crippen MR) is 79.0 cm³/mol. The lowest BCUT2D eigenvalue weighted by molar-refractivity contribution is -0.139. The van der Waals surface area contributed by atoms with Gasteiger partial charge in [0, 0.05) is 12.1 Å². The Hall–Kier alpha value is -2.63. The van der Waals surface area contributed by atoms with Crippen molar-refractivity contribution >= 4 is 11.9 Å². The second kappa shape index (κ2) is 5.29. The van der Waals surface area contributed by atoms with Crippen molar-refractivity contribution in [3.05, 3.63) is 41.2 Å². The molecular formula is C16H16N2O4. The standard InChI is InChI=1S/C16H16N2O4/c1-9-5-2-3-6-10(9)14-17-12(16(21)22)13-11(15(19)20)7-4-8-18(13)14/h2-3,5-6,11H,4,7-8H2,1H3,(H,19,20)(H,21,22). The summed E-state index contributed by atoms with van der Waals surface area (Å²) in [6.07, 6.45) is 1.13. The number of hydrogen-bond acceptors (Lipinski definition) is 3. The Bertz CT molecular complexity index is 764. The number of carboxylic acid groups (broad SMARTS) is 2. The molecule has 2 aromatic rings. The molecule has 0 radical (unpaired) electrons. The first-order valence-electron chi connectivity index (χ1n) is 7.13. The summed E-state index contributed by atoms with van der Waals surface area (Å²) in [7, 11) is 0. The van der Waals surface area contributed by atoms with E-state index >= 15 is 0 Å². The maximum Gasteiger partial charge on any atom is 0.356 e. The molecule has 1 aliphatic rings. The molecule has 0 aliphatic carbocycles. The van der Waals surface area contributed by atoms with Gasteiger partial charge in [-0.15, -0.1) is 0 Å². The van der Waals surface area contributed by atoms with Crippen LogP contribution in [0.25, 0.3) is 11.4 Å². The quantitative estimate of drug-likeness (QED) is 0.908.